The lowest BCUT2D eigenvalue weighted by atomic mass is 10.1. The molecule has 0 unspecified atom stereocenters. The van der Waals surface area contributed by atoms with Crippen molar-refractivity contribution in [3.8, 4) is 23.0 Å². The van der Waals surface area contributed by atoms with Crippen LogP contribution in [0.15, 0.2) is 24.3 Å². The van der Waals surface area contributed by atoms with Gasteiger partial charge < -0.3 is 20.4 Å². The van der Waals surface area contributed by atoms with Crippen molar-refractivity contribution >= 4 is 45.2 Å². The van der Waals surface area contributed by atoms with Gasteiger partial charge in [-0.2, -0.15) is 0 Å². The Bertz CT molecular complexity index is 701. The van der Waals surface area contributed by atoms with Crippen molar-refractivity contribution in [3.05, 3.63) is 42.5 Å². The van der Waals surface area contributed by atoms with Gasteiger partial charge in [-0.3, -0.25) is 0 Å². The highest BCUT2D eigenvalue weighted by atomic mass is 127. The predicted molar refractivity (Wildman–Crippen MR) is 131 cm³/mol. The molecule has 0 saturated carbocycles. The molecule has 0 bridgehead atoms. The van der Waals surface area contributed by atoms with Gasteiger partial charge in [0.25, 0.3) is 0 Å². The molecule has 4 nitrogen and oxygen atoms in total. The van der Waals surface area contributed by atoms with Crippen LogP contribution >= 0.6 is 45.2 Å². The Morgan fingerprint density at radius 3 is 1.57 bits per heavy atom. The minimum absolute atomic E-state index is 0.145. The van der Waals surface area contributed by atoms with Gasteiger partial charge >= 0.3 is 0 Å². The van der Waals surface area contributed by atoms with Gasteiger partial charge in [0.05, 0.1) is 7.14 Å². The third-order valence-electron chi connectivity index (χ3n) is 4.31. The lowest BCUT2D eigenvalue weighted by molar-refractivity contribution is 0.443. The van der Waals surface area contributed by atoms with Gasteiger partial charge in [-0.05, 0) is 94.1 Å². The van der Waals surface area contributed by atoms with Gasteiger partial charge in [-0.1, -0.05) is 39.5 Å². The zero-order valence-corrected chi connectivity index (χ0v) is 20.8. The Labute approximate surface area is 195 Å². The smallest absolute Gasteiger partial charge is 0.132 e. The summed E-state index contributed by atoms with van der Waals surface area (Å²) >= 11 is 4.27. The van der Waals surface area contributed by atoms with E-state index in [0.29, 0.717) is 0 Å². The van der Waals surface area contributed by atoms with Gasteiger partial charge in [-0.25, -0.2) is 0 Å². The number of unbranched alkanes of at least 4 members (excludes halogenated alkanes) is 4. The van der Waals surface area contributed by atoms with Crippen LogP contribution in [0.4, 0.5) is 0 Å². The Balaban J connectivity index is 0.000000283. The maximum absolute atomic E-state index is 9.59. The van der Waals surface area contributed by atoms with Crippen LogP contribution in [0, 0.1) is 7.14 Å². The van der Waals surface area contributed by atoms with Crippen molar-refractivity contribution in [2.75, 3.05) is 0 Å². The zero-order chi connectivity index (χ0) is 21.1. The summed E-state index contributed by atoms with van der Waals surface area (Å²) in [5.74, 6) is 0.651. The van der Waals surface area contributed by atoms with E-state index >= 15 is 0 Å². The summed E-state index contributed by atoms with van der Waals surface area (Å²) in [4.78, 5) is 0. The monoisotopic (exact) mass is 612 g/mol. The molecule has 2 aromatic rings. The van der Waals surface area contributed by atoms with Crippen LogP contribution in [-0.2, 0) is 12.8 Å². The number of phenols is 4. The van der Waals surface area contributed by atoms with E-state index in [1.54, 1.807) is 12.1 Å². The van der Waals surface area contributed by atoms with Crippen LogP contribution in [-0.4, -0.2) is 20.4 Å². The molecule has 0 amide bonds. The maximum atomic E-state index is 9.59. The summed E-state index contributed by atoms with van der Waals surface area (Å²) in [6.45, 7) is 4.32. The van der Waals surface area contributed by atoms with Gasteiger partial charge in [0.2, 0.25) is 0 Å². The van der Waals surface area contributed by atoms with Crippen LogP contribution in [0.2, 0.25) is 0 Å². The molecule has 0 aliphatic rings. The summed E-state index contributed by atoms with van der Waals surface area (Å²) in [5.41, 5.74) is 2.08. The second-order valence-corrected chi connectivity index (χ2v) is 8.95. The van der Waals surface area contributed by atoms with Crippen molar-refractivity contribution < 1.29 is 20.4 Å². The summed E-state index contributed by atoms with van der Waals surface area (Å²) in [7, 11) is 0. The lowest BCUT2D eigenvalue weighted by Gasteiger charge is -2.10. The Kier molecular flexibility index (Phi) is 12.0. The molecule has 0 fully saturated rings. The summed E-state index contributed by atoms with van der Waals surface area (Å²) in [6.07, 6.45) is 8.80. The molecule has 0 atom stereocenters. The van der Waals surface area contributed by atoms with Crippen LogP contribution in [0.5, 0.6) is 23.0 Å². The van der Waals surface area contributed by atoms with Crippen LogP contribution in [0.25, 0.3) is 0 Å². The number of aryl methyl sites for hydroxylation is 1. The summed E-state index contributed by atoms with van der Waals surface area (Å²) in [5, 5.41) is 37.6. The SMILES string of the molecule is CCCCCc1c(I)c(O)cc(O)c1I.CCCCCc1cc(O)cc(O)c1. The molecule has 0 radical (unpaired) electrons. The first-order valence-corrected chi connectivity index (χ1v) is 11.9. The molecule has 0 heterocycles. The fraction of sp³-hybridized carbons (Fsp3) is 0.455. The summed E-state index contributed by atoms with van der Waals surface area (Å²) in [6, 6.07) is 6.17. The molecule has 0 aliphatic carbocycles. The van der Waals surface area contributed by atoms with Crippen LogP contribution in [0.3, 0.4) is 0 Å². The predicted octanol–water partition coefficient (Wildman–Crippen LogP) is 6.87. The third-order valence-corrected chi connectivity index (χ3v) is 6.72. The first kappa shape index (κ1) is 25.1. The highest BCUT2D eigenvalue weighted by molar-refractivity contribution is 14.1. The quantitative estimate of drug-likeness (QED) is 0.194. The molecule has 0 spiro atoms. The first-order valence-electron chi connectivity index (χ1n) is 9.70. The zero-order valence-electron chi connectivity index (χ0n) is 16.5. The standard InChI is InChI=1S/C11H14I2O2.C11H16O2/c1-2-3-4-5-7-10(12)8(14)6-9(15)11(7)13;1-2-3-4-5-9-6-10(12)8-11(13)7-9/h6,14-15H,2-5H2,1H3;6-8,12-13H,2-5H2,1H3. The van der Waals surface area contributed by atoms with Gasteiger partial charge in [0.1, 0.15) is 23.0 Å². The average molecular weight is 612 g/mol. The number of hydrogen-bond donors (Lipinski definition) is 4. The fourth-order valence-corrected chi connectivity index (χ4v) is 4.72. The first-order chi connectivity index (χ1) is 13.3. The highest BCUT2D eigenvalue weighted by Crippen LogP contribution is 2.35. The minimum Gasteiger partial charge on any atom is -0.508 e. The second-order valence-electron chi connectivity index (χ2n) is 6.79. The molecule has 0 aliphatic heterocycles. The fourth-order valence-electron chi connectivity index (χ4n) is 2.81. The van der Waals surface area contributed by atoms with Gasteiger partial charge in [-0.15, -0.1) is 0 Å². The van der Waals surface area contributed by atoms with E-state index in [9.17, 15) is 20.4 Å². The van der Waals surface area contributed by atoms with Gasteiger partial charge in [0.15, 0.2) is 0 Å². The molecular weight excluding hydrogens is 582 g/mol. The van der Waals surface area contributed by atoms with E-state index in [-0.39, 0.29) is 23.0 Å². The maximum Gasteiger partial charge on any atom is 0.132 e. The minimum atomic E-state index is 0.145. The van der Waals surface area contributed by atoms with Gasteiger partial charge in [0, 0.05) is 12.1 Å². The van der Waals surface area contributed by atoms with Crippen molar-refractivity contribution in [3.63, 3.8) is 0 Å². The van der Waals surface area contributed by atoms with E-state index in [2.05, 4.69) is 59.0 Å². The second kappa shape index (κ2) is 13.3. The van der Waals surface area contributed by atoms with E-state index in [4.69, 9.17) is 0 Å². The lowest BCUT2D eigenvalue weighted by Crippen LogP contribution is -1.95. The van der Waals surface area contributed by atoms with Crippen molar-refractivity contribution in [1.29, 1.82) is 0 Å². The van der Waals surface area contributed by atoms with E-state index in [1.807, 2.05) is 0 Å². The number of aromatic hydroxyl groups is 4. The molecule has 0 saturated heterocycles. The largest absolute Gasteiger partial charge is 0.508 e. The Morgan fingerprint density at radius 2 is 1.11 bits per heavy atom. The van der Waals surface area contributed by atoms with E-state index in [1.165, 1.54) is 37.8 Å². The van der Waals surface area contributed by atoms with Crippen molar-refractivity contribution in [2.24, 2.45) is 0 Å². The molecule has 2 rings (SSSR count). The van der Waals surface area contributed by atoms with Crippen molar-refractivity contribution in [2.45, 2.75) is 65.2 Å². The molecule has 4 N–H and O–H groups in total. The van der Waals surface area contributed by atoms with E-state index < -0.39 is 0 Å². The number of rotatable bonds is 8. The number of hydrogen-bond acceptors (Lipinski definition) is 4. The number of halogens is 2. The highest BCUT2D eigenvalue weighted by Gasteiger charge is 2.13. The molecule has 28 heavy (non-hydrogen) atoms. The molecule has 0 aromatic heterocycles. The number of benzene rings is 2. The number of phenolic OH excluding ortho intramolecular Hbond substituents is 4. The Hall–Kier alpha value is -0.900. The normalized spacial score (nSPS) is 10.4. The topological polar surface area (TPSA) is 80.9 Å². The molecular formula is C22H30I2O4. The van der Waals surface area contributed by atoms with Crippen LogP contribution < -0.4 is 0 Å². The molecule has 6 heteroatoms. The third kappa shape index (κ3) is 8.63. The van der Waals surface area contributed by atoms with Crippen LogP contribution in [0.1, 0.15) is 63.5 Å². The van der Waals surface area contributed by atoms with Crippen molar-refractivity contribution in [1.82, 2.24) is 0 Å². The average Bonchev–Trinajstić information content (AvgIpc) is 2.63. The molecule has 156 valence electrons. The Morgan fingerprint density at radius 1 is 0.643 bits per heavy atom. The summed E-state index contributed by atoms with van der Waals surface area (Å²) < 4.78 is 1.73. The molecule has 2 aromatic carbocycles. The van der Waals surface area contributed by atoms with E-state index in [0.717, 1.165) is 44.0 Å².